The number of para-hydroxylation sites is 1. The fourth-order valence-corrected chi connectivity index (χ4v) is 4.14. The zero-order valence-electron chi connectivity index (χ0n) is 22.2. The van der Waals surface area contributed by atoms with Gasteiger partial charge in [-0.15, -0.1) is 0 Å². The first-order chi connectivity index (χ1) is 19.0. The SMILES string of the molecule is COc1c(COc2ccc(CNCCNC(C)=O)c(OCc3ccc(F)cc3)c2)cccc1-c1ccccc1. The second-order valence-electron chi connectivity index (χ2n) is 9.00. The summed E-state index contributed by atoms with van der Waals surface area (Å²) in [5.74, 6) is 1.74. The van der Waals surface area contributed by atoms with Gasteiger partial charge in [-0.2, -0.15) is 0 Å². The highest BCUT2D eigenvalue weighted by atomic mass is 19.1. The van der Waals surface area contributed by atoms with Gasteiger partial charge in [-0.3, -0.25) is 4.79 Å². The van der Waals surface area contributed by atoms with E-state index in [4.69, 9.17) is 14.2 Å². The van der Waals surface area contributed by atoms with Gasteiger partial charge in [-0.1, -0.05) is 66.7 Å². The number of carbonyl (C=O) groups is 1. The third kappa shape index (κ3) is 8.06. The number of rotatable bonds is 13. The molecule has 202 valence electrons. The van der Waals surface area contributed by atoms with Crippen LogP contribution in [-0.4, -0.2) is 26.1 Å². The molecule has 0 saturated heterocycles. The highest BCUT2D eigenvalue weighted by Gasteiger charge is 2.13. The maximum atomic E-state index is 13.3. The second kappa shape index (κ2) is 14.0. The van der Waals surface area contributed by atoms with E-state index < -0.39 is 0 Å². The van der Waals surface area contributed by atoms with Crippen molar-refractivity contribution in [1.29, 1.82) is 0 Å². The van der Waals surface area contributed by atoms with Crippen LogP contribution >= 0.6 is 0 Å². The molecule has 4 aromatic rings. The molecule has 0 radical (unpaired) electrons. The molecule has 0 bridgehead atoms. The van der Waals surface area contributed by atoms with Gasteiger partial charge in [0, 0.05) is 49.3 Å². The van der Waals surface area contributed by atoms with E-state index in [1.165, 1.54) is 19.1 Å². The van der Waals surface area contributed by atoms with Gasteiger partial charge in [-0.25, -0.2) is 4.39 Å². The van der Waals surface area contributed by atoms with Crippen molar-refractivity contribution in [3.63, 3.8) is 0 Å². The molecule has 0 aliphatic carbocycles. The zero-order valence-corrected chi connectivity index (χ0v) is 22.2. The van der Waals surface area contributed by atoms with Gasteiger partial charge >= 0.3 is 0 Å². The standard InChI is InChI=1S/C32H33FN2O4/c1-23(36)35-18-17-34-20-26-13-16-29(19-31(26)39-21-24-11-14-28(33)15-12-24)38-22-27-9-6-10-30(32(27)37-2)25-7-4-3-5-8-25/h3-16,19,34H,17-18,20-22H2,1-2H3,(H,35,36). The number of nitrogens with one attached hydrogen (secondary N) is 2. The summed E-state index contributed by atoms with van der Waals surface area (Å²) in [5, 5.41) is 6.08. The fraction of sp³-hybridized carbons (Fsp3) is 0.219. The monoisotopic (exact) mass is 528 g/mol. The number of benzene rings is 4. The average molecular weight is 529 g/mol. The molecule has 0 heterocycles. The van der Waals surface area contributed by atoms with E-state index in [9.17, 15) is 9.18 Å². The lowest BCUT2D eigenvalue weighted by Crippen LogP contribution is -2.30. The predicted octanol–water partition coefficient (Wildman–Crippen LogP) is 5.89. The molecule has 39 heavy (non-hydrogen) atoms. The Morgan fingerprint density at radius 3 is 2.36 bits per heavy atom. The summed E-state index contributed by atoms with van der Waals surface area (Å²) in [4.78, 5) is 11.1. The fourth-order valence-electron chi connectivity index (χ4n) is 4.14. The molecule has 0 spiro atoms. The number of hydrogen-bond acceptors (Lipinski definition) is 5. The van der Waals surface area contributed by atoms with Crippen molar-refractivity contribution in [3.05, 3.63) is 114 Å². The zero-order chi connectivity index (χ0) is 27.5. The van der Waals surface area contributed by atoms with Gasteiger partial charge in [0.1, 0.15) is 36.3 Å². The van der Waals surface area contributed by atoms with E-state index in [1.54, 1.807) is 19.2 Å². The molecular weight excluding hydrogens is 495 g/mol. The number of carbonyl (C=O) groups excluding carboxylic acids is 1. The summed E-state index contributed by atoms with van der Waals surface area (Å²) in [7, 11) is 1.67. The molecule has 4 aromatic carbocycles. The van der Waals surface area contributed by atoms with Crippen LogP contribution in [0.15, 0.2) is 91.0 Å². The molecule has 0 unspecified atom stereocenters. The molecule has 0 aromatic heterocycles. The molecule has 4 rings (SSSR count). The van der Waals surface area contributed by atoms with Crippen molar-refractivity contribution in [2.75, 3.05) is 20.2 Å². The quantitative estimate of drug-likeness (QED) is 0.212. The Morgan fingerprint density at radius 2 is 1.62 bits per heavy atom. The van der Waals surface area contributed by atoms with Crippen LogP contribution < -0.4 is 24.8 Å². The third-order valence-corrected chi connectivity index (χ3v) is 6.12. The summed E-state index contributed by atoms with van der Waals surface area (Å²) in [6.45, 7) is 3.79. The van der Waals surface area contributed by atoms with Crippen molar-refractivity contribution >= 4 is 5.91 Å². The van der Waals surface area contributed by atoms with Crippen LogP contribution in [-0.2, 0) is 24.6 Å². The van der Waals surface area contributed by atoms with Gasteiger partial charge in [0.05, 0.1) is 7.11 Å². The first-order valence-corrected chi connectivity index (χ1v) is 12.8. The van der Waals surface area contributed by atoms with E-state index in [1.807, 2.05) is 54.6 Å². The molecule has 1 amide bonds. The normalized spacial score (nSPS) is 10.6. The molecule has 0 atom stereocenters. The summed E-state index contributed by atoms with van der Waals surface area (Å²) in [6, 6.07) is 28.1. The minimum atomic E-state index is -0.287. The molecule has 6 nitrogen and oxygen atoms in total. The maximum absolute atomic E-state index is 13.3. The first-order valence-electron chi connectivity index (χ1n) is 12.8. The molecule has 0 fully saturated rings. The smallest absolute Gasteiger partial charge is 0.216 e. The van der Waals surface area contributed by atoms with E-state index >= 15 is 0 Å². The van der Waals surface area contributed by atoms with Gasteiger partial charge in [-0.05, 0) is 29.3 Å². The molecule has 0 aliphatic heterocycles. The largest absolute Gasteiger partial charge is 0.496 e. The Bertz CT molecular complexity index is 1360. The lowest BCUT2D eigenvalue weighted by Gasteiger charge is -2.17. The van der Waals surface area contributed by atoms with E-state index in [0.29, 0.717) is 37.7 Å². The number of hydrogen-bond donors (Lipinski definition) is 2. The van der Waals surface area contributed by atoms with Crippen LogP contribution in [0.5, 0.6) is 17.2 Å². The number of methoxy groups -OCH3 is 1. The molecule has 0 saturated carbocycles. The average Bonchev–Trinajstić information content (AvgIpc) is 2.96. The Labute approximate surface area is 228 Å². The number of halogens is 1. The topological polar surface area (TPSA) is 68.8 Å². The molecule has 0 aliphatic rings. The summed E-state index contributed by atoms with van der Waals surface area (Å²) >= 11 is 0. The highest BCUT2D eigenvalue weighted by molar-refractivity contribution is 5.73. The maximum Gasteiger partial charge on any atom is 0.216 e. The van der Waals surface area contributed by atoms with E-state index in [-0.39, 0.29) is 18.3 Å². The molecule has 7 heteroatoms. The van der Waals surface area contributed by atoms with Crippen molar-refractivity contribution in [2.24, 2.45) is 0 Å². The minimum absolute atomic E-state index is 0.0624. The highest BCUT2D eigenvalue weighted by Crippen LogP contribution is 2.34. The predicted molar refractivity (Wildman–Crippen MR) is 150 cm³/mol. The van der Waals surface area contributed by atoms with Gasteiger partial charge in [0.2, 0.25) is 5.91 Å². The van der Waals surface area contributed by atoms with Crippen molar-refractivity contribution in [2.45, 2.75) is 26.7 Å². The number of ether oxygens (including phenoxy) is 3. The van der Waals surface area contributed by atoms with Crippen LogP contribution in [0.1, 0.15) is 23.6 Å². The minimum Gasteiger partial charge on any atom is -0.496 e. The van der Waals surface area contributed by atoms with Gasteiger partial charge in [0.15, 0.2) is 0 Å². The lowest BCUT2D eigenvalue weighted by atomic mass is 10.0. The van der Waals surface area contributed by atoms with E-state index in [0.717, 1.165) is 33.6 Å². The lowest BCUT2D eigenvalue weighted by molar-refractivity contribution is -0.118. The Morgan fingerprint density at radius 1 is 0.821 bits per heavy atom. The Balaban J connectivity index is 1.48. The van der Waals surface area contributed by atoms with Crippen molar-refractivity contribution < 1.29 is 23.4 Å². The first kappa shape index (κ1) is 27.7. The van der Waals surface area contributed by atoms with Crippen LogP contribution in [0, 0.1) is 5.82 Å². The molecule has 2 N–H and O–H groups in total. The van der Waals surface area contributed by atoms with Gasteiger partial charge in [0.25, 0.3) is 0 Å². The van der Waals surface area contributed by atoms with Crippen LogP contribution in [0.2, 0.25) is 0 Å². The Hall–Kier alpha value is -4.36. The Kier molecular flexibility index (Phi) is 9.92. The van der Waals surface area contributed by atoms with Crippen molar-refractivity contribution in [1.82, 2.24) is 10.6 Å². The van der Waals surface area contributed by atoms with Crippen LogP contribution in [0.25, 0.3) is 11.1 Å². The van der Waals surface area contributed by atoms with Gasteiger partial charge < -0.3 is 24.8 Å². The third-order valence-electron chi connectivity index (χ3n) is 6.12. The summed E-state index contributed by atoms with van der Waals surface area (Å²) < 4.78 is 31.4. The summed E-state index contributed by atoms with van der Waals surface area (Å²) in [6.07, 6.45) is 0. The second-order valence-corrected chi connectivity index (χ2v) is 9.00. The van der Waals surface area contributed by atoms with Crippen LogP contribution in [0.4, 0.5) is 4.39 Å². The van der Waals surface area contributed by atoms with E-state index in [2.05, 4.69) is 22.8 Å². The summed E-state index contributed by atoms with van der Waals surface area (Å²) in [5.41, 5.74) is 4.80. The number of amides is 1. The van der Waals surface area contributed by atoms with Crippen LogP contribution in [0.3, 0.4) is 0 Å². The van der Waals surface area contributed by atoms with Crippen molar-refractivity contribution in [3.8, 4) is 28.4 Å². The molecular formula is C32H33FN2O4.